The molecule has 1 N–H and O–H groups in total. The van der Waals surface area contributed by atoms with Gasteiger partial charge in [0.05, 0.1) is 6.07 Å². The molecule has 0 amide bonds. The summed E-state index contributed by atoms with van der Waals surface area (Å²) in [7, 11) is 6.51. The van der Waals surface area contributed by atoms with Crippen molar-refractivity contribution in [3.63, 3.8) is 0 Å². The van der Waals surface area contributed by atoms with Crippen LogP contribution in [0, 0.1) is 11.3 Å². The van der Waals surface area contributed by atoms with E-state index in [1.807, 2.05) is 6.92 Å². The van der Waals surface area contributed by atoms with Crippen LogP contribution in [0.5, 0.6) is 0 Å². The van der Waals surface area contributed by atoms with Gasteiger partial charge < -0.3 is 9.80 Å². The number of hydrogen-bond acceptors (Lipinski definition) is 4. The van der Waals surface area contributed by atoms with Gasteiger partial charge >= 0.3 is 0 Å². The fraction of sp³-hybridized carbons (Fsp3) is 0.933. The van der Waals surface area contributed by atoms with Crippen molar-refractivity contribution in [3.8, 4) is 6.07 Å². The van der Waals surface area contributed by atoms with Crippen LogP contribution in [0.4, 0.5) is 0 Å². The van der Waals surface area contributed by atoms with Crippen molar-refractivity contribution in [1.82, 2.24) is 15.1 Å². The second-order valence-corrected chi connectivity index (χ2v) is 7.01. The van der Waals surface area contributed by atoms with Gasteiger partial charge in [-0.1, -0.05) is 0 Å². The summed E-state index contributed by atoms with van der Waals surface area (Å²) in [4.78, 5) is 4.70. The molecule has 2 fully saturated rings. The monoisotopic (exact) mass is 264 g/mol. The van der Waals surface area contributed by atoms with E-state index in [2.05, 4.69) is 42.3 Å². The lowest BCUT2D eigenvalue weighted by Crippen LogP contribution is -2.59. The van der Waals surface area contributed by atoms with Crippen LogP contribution in [0.15, 0.2) is 0 Å². The van der Waals surface area contributed by atoms with Crippen LogP contribution in [0.25, 0.3) is 0 Å². The Morgan fingerprint density at radius 3 is 2.32 bits per heavy atom. The van der Waals surface area contributed by atoms with Gasteiger partial charge in [-0.05, 0) is 60.2 Å². The summed E-state index contributed by atoms with van der Waals surface area (Å²) in [5.41, 5.74) is -0.0716. The standard InChI is InChI=1S/C15H28N4/c1-14(10-16,17-13-6-7-13)11-19(4)12-15(18(2)3)8-5-9-15/h13,17H,5-9,11-12H2,1-4H3. The fourth-order valence-corrected chi connectivity index (χ4v) is 3.22. The Bertz CT molecular complexity index is 352. The van der Waals surface area contributed by atoms with Crippen LogP contribution >= 0.6 is 0 Å². The first-order chi connectivity index (χ1) is 8.89. The Labute approximate surface area is 117 Å². The Morgan fingerprint density at radius 2 is 1.95 bits per heavy atom. The molecule has 0 aromatic heterocycles. The van der Waals surface area contributed by atoms with E-state index in [4.69, 9.17) is 0 Å². The highest BCUT2D eigenvalue weighted by Gasteiger charge is 2.41. The van der Waals surface area contributed by atoms with Crippen LogP contribution in [-0.2, 0) is 0 Å². The van der Waals surface area contributed by atoms with Gasteiger partial charge in [-0.3, -0.25) is 5.32 Å². The predicted molar refractivity (Wildman–Crippen MR) is 77.9 cm³/mol. The molecule has 0 radical (unpaired) electrons. The SMILES string of the molecule is CN(CC(C)(C#N)NC1CC1)CC1(N(C)C)CCC1. The van der Waals surface area contributed by atoms with Crippen LogP contribution in [0.3, 0.4) is 0 Å². The van der Waals surface area contributed by atoms with Gasteiger partial charge in [0.15, 0.2) is 0 Å². The van der Waals surface area contributed by atoms with Crippen LogP contribution < -0.4 is 5.32 Å². The zero-order valence-corrected chi connectivity index (χ0v) is 12.9. The highest BCUT2D eigenvalue weighted by molar-refractivity contribution is 5.09. The Hall–Kier alpha value is -0.630. The third-order valence-electron chi connectivity index (χ3n) is 4.73. The molecular weight excluding hydrogens is 236 g/mol. The topological polar surface area (TPSA) is 42.3 Å². The molecule has 2 rings (SSSR count). The molecule has 0 heterocycles. The first-order valence-electron chi connectivity index (χ1n) is 7.44. The number of nitriles is 1. The lowest BCUT2D eigenvalue weighted by molar-refractivity contribution is 0.0237. The van der Waals surface area contributed by atoms with Gasteiger partial charge in [-0.25, -0.2) is 0 Å². The average molecular weight is 264 g/mol. The van der Waals surface area contributed by atoms with E-state index in [-0.39, 0.29) is 0 Å². The van der Waals surface area contributed by atoms with E-state index in [9.17, 15) is 5.26 Å². The molecule has 0 bridgehead atoms. The normalized spacial score (nSPS) is 24.9. The van der Waals surface area contributed by atoms with Gasteiger partial charge in [0.25, 0.3) is 0 Å². The summed E-state index contributed by atoms with van der Waals surface area (Å²) in [6.45, 7) is 3.89. The van der Waals surface area contributed by atoms with Gasteiger partial charge in [0, 0.05) is 24.7 Å². The summed E-state index contributed by atoms with van der Waals surface area (Å²) < 4.78 is 0. The minimum atomic E-state index is -0.410. The Morgan fingerprint density at radius 1 is 1.32 bits per heavy atom. The molecule has 0 aromatic carbocycles. The zero-order valence-electron chi connectivity index (χ0n) is 12.9. The molecule has 1 unspecified atom stereocenters. The highest BCUT2D eigenvalue weighted by Crippen LogP contribution is 2.36. The summed E-state index contributed by atoms with van der Waals surface area (Å²) in [6.07, 6.45) is 6.35. The lowest BCUT2D eigenvalue weighted by Gasteiger charge is -2.50. The van der Waals surface area contributed by atoms with E-state index in [0.29, 0.717) is 11.6 Å². The zero-order chi connectivity index (χ0) is 14.1. The largest absolute Gasteiger partial charge is 0.302 e. The maximum Gasteiger partial charge on any atom is 0.116 e. The smallest absolute Gasteiger partial charge is 0.116 e. The summed E-state index contributed by atoms with van der Waals surface area (Å²) >= 11 is 0. The second kappa shape index (κ2) is 5.40. The molecule has 2 saturated carbocycles. The third-order valence-corrected chi connectivity index (χ3v) is 4.73. The maximum absolute atomic E-state index is 9.44. The van der Waals surface area contributed by atoms with Crippen molar-refractivity contribution in [1.29, 1.82) is 5.26 Å². The summed E-state index contributed by atoms with van der Waals surface area (Å²) in [5, 5.41) is 12.9. The Balaban J connectivity index is 1.88. The molecule has 19 heavy (non-hydrogen) atoms. The molecule has 0 aliphatic heterocycles. The van der Waals surface area contributed by atoms with E-state index >= 15 is 0 Å². The van der Waals surface area contributed by atoms with Crippen LogP contribution in [-0.4, -0.2) is 61.2 Å². The van der Waals surface area contributed by atoms with E-state index in [1.165, 1.54) is 32.1 Å². The molecule has 0 spiro atoms. The van der Waals surface area contributed by atoms with Crippen LogP contribution in [0.1, 0.15) is 39.0 Å². The first kappa shape index (κ1) is 14.8. The maximum atomic E-state index is 9.44. The minimum Gasteiger partial charge on any atom is -0.302 e. The van der Waals surface area contributed by atoms with Gasteiger partial charge in [0.2, 0.25) is 0 Å². The minimum absolute atomic E-state index is 0.338. The van der Waals surface area contributed by atoms with Crippen molar-refractivity contribution in [2.45, 2.75) is 56.1 Å². The molecular formula is C15H28N4. The van der Waals surface area contributed by atoms with Crippen molar-refractivity contribution < 1.29 is 0 Å². The number of nitrogens with one attached hydrogen (secondary N) is 1. The van der Waals surface area contributed by atoms with Crippen molar-refractivity contribution in [2.24, 2.45) is 0 Å². The highest BCUT2D eigenvalue weighted by atomic mass is 15.2. The number of likely N-dealkylation sites (N-methyl/N-ethyl adjacent to an activating group) is 2. The lowest BCUT2D eigenvalue weighted by atomic mass is 9.75. The number of nitrogens with zero attached hydrogens (tertiary/aromatic N) is 3. The molecule has 0 aromatic rings. The predicted octanol–water partition coefficient (Wildman–Crippen LogP) is 1.44. The molecule has 108 valence electrons. The number of rotatable bonds is 7. The van der Waals surface area contributed by atoms with Gasteiger partial charge in [-0.15, -0.1) is 0 Å². The van der Waals surface area contributed by atoms with Gasteiger partial charge in [0.1, 0.15) is 5.54 Å². The third kappa shape index (κ3) is 3.47. The molecule has 4 nitrogen and oxygen atoms in total. The molecule has 0 saturated heterocycles. The average Bonchev–Trinajstić information content (AvgIpc) is 3.06. The first-order valence-corrected chi connectivity index (χ1v) is 7.44. The van der Waals surface area contributed by atoms with Crippen molar-refractivity contribution >= 4 is 0 Å². The molecule has 2 aliphatic carbocycles. The molecule has 1 atom stereocenters. The van der Waals surface area contributed by atoms with E-state index in [1.54, 1.807) is 0 Å². The Kier molecular flexibility index (Phi) is 4.20. The fourth-order valence-electron chi connectivity index (χ4n) is 3.22. The van der Waals surface area contributed by atoms with Crippen molar-refractivity contribution in [2.75, 3.05) is 34.2 Å². The molecule has 4 heteroatoms. The van der Waals surface area contributed by atoms with Crippen LogP contribution in [0.2, 0.25) is 0 Å². The summed E-state index contributed by atoms with van der Waals surface area (Å²) in [5.74, 6) is 0. The summed E-state index contributed by atoms with van der Waals surface area (Å²) in [6, 6.07) is 3.04. The van der Waals surface area contributed by atoms with E-state index in [0.717, 1.165) is 13.1 Å². The van der Waals surface area contributed by atoms with Crippen molar-refractivity contribution in [3.05, 3.63) is 0 Å². The second-order valence-electron chi connectivity index (χ2n) is 7.01. The van der Waals surface area contributed by atoms with Gasteiger partial charge in [-0.2, -0.15) is 5.26 Å². The number of hydrogen-bond donors (Lipinski definition) is 1. The van der Waals surface area contributed by atoms with E-state index < -0.39 is 5.54 Å². The quantitative estimate of drug-likeness (QED) is 0.755. The molecule has 2 aliphatic rings.